The fraction of sp³-hybridized carbons (Fsp3) is 0.875. The molecule has 162 valence electrons. The van der Waals surface area contributed by atoms with Crippen LogP contribution < -0.4 is 0 Å². The summed E-state index contributed by atoms with van der Waals surface area (Å²) in [5.74, 6) is -1.65. The predicted molar refractivity (Wildman–Crippen MR) is 86.7 cm³/mol. The Kier molecular flexibility index (Phi) is 8.09. The molecule has 2 fully saturated rings. The maximum absolute atomic E-state index is 12.1. The van der Waals surface area contributed by atoms with Crippen molar-refractivity contribution in [2.75, 3.05) is 28.4 Å². The van der Waals surface area contributed by atoms with Gasteiger partial charge in [0.25, 0.3) is 0 Å². The number of ether oxygens (including phenoxy) is 7. The second-order valence-electron chi connectivity index (χ2n) is 6.29. The molecule has 28 heavy (non-hydrogen) atoms. The van der Waals surface area contributed by atoms with Gasteiger partial charge in [0.05, 0.1) is 20.3 Å². The second kappa shape index (κ2) is 9.89. The fourth-order valence-electron chi connectivity index (χ4n) is 3.11. The molecular weight excluding hydrogens is 384 g/mol. The molecule has 2 aliphatic rings. The minimum absolute atomic E-state index is 0.0449. The van der Waals surface area contributed by atoms with Crippen molar-refractivity contribution in [1.29, 1.82) is 0 Å². The molecule has 9 atom stereocenters. The number of hydrogen-bond donors (Lipinski definition) is 3. The number of methoxy groups -OCH3 is 4. The van der Waals surface area contributed by atoms with E-state index in [1.165, 1.54) is 14.2 Å². The van der Waals surface area contributed by atoms with Crippen LogP contribution in [0.15, 0.2) is 0 Å². The molecule has 2 aliphatic heterocycles. The zero-order valence-electron chi connectivity index (χ0n) is 15.9. The molecule has 0 radical (unpaired) electrons. The summed E-state index contributed by atoms with van der Waals surface area (Å²) in [6.07, 6.45) is -12.2. The highest BCUT2D eigenvalue weighted by Crippen LogP contribution is 2.30. The Morgan fingerprint density at radius 1 is 0.821 bits per heavy atom. The highest BCUT2D eigenvalue weighted by Gasteiger charge is 2.52. The van der Waals surface area contributed by atoms with Crippen LogP contribution in [0, 0.1) is 0 Å². The van der Waals surface area contributed by atoms with Crippen LogP contribution in [0.25, 0.3) is 0 Å². The highest BCUT2D eigenvalue weighted by molar-refractivity contribution is 5.76. The summed E-state index contributed by atoms with van der Waals surface area (Å²) in [6, 6.07) is 0. The van der Waals surface area contributed by atoms with Crippen molar-refractivity contribution < 1.29 is 58.1 Å². The minimum atomic E-state index is -1.64. The Bertz CT molecular complexity index is 542. The Balaban J connectivity index is 2.21. The number of esters is 2. The van der Waals surface area contributed by atoms with Gasteiger partial charge in [0.15, 0.2) is 24.8 Å². The third-order valence-corrected chi connectivity index (χ3v) is 4.64. The lowest BCUT2D eigenvalue weighted by Crippen LogP contribution is -2.63. The lowest BCUT2D eigenvalue weighted by molar-refractivity contribution is -0.338. The van der Waals surface area contributed by atoms with Gasteiger partial charge in [-0.1, -0.05) is 0 Å². The van der Waals surface area contributed by atoms with Crippen LogP contribution in [0.4, 0.5) is 0 Å². The standard InChI is InChI=1S/C16H26O12/c1-22-7-5-6(17)15(26-10(7)13(20)23-2)27-11-8(18)9(19)16(25-4)28-12(11)14(21)24-3/h6-12,15-19H,5H2,1-4H3/t6?,7?,8?,9?,10-,11?,12?,15+,16?/m1/s1. The summed E-state index contributed by atoms with van der Waals surface area (Å²) in [5, 5.41) is 30.8. The number of carbonyl (C=O) groups excluding carboxylic acids is 2. The van der Waals surface area contributed by atoms with Crippen molar-refractivity contribution in [2.45, 2.75) is 61.7 Å². The summed E-state index contributed by atoms with van der Waals surface area (Å²) in [7, 11) is 4.82. The lowest BCUT2D eigenvalue weighted by Gasteiger charge is -2.44. The first kappa shape index (κ1) is 22.9. The van der Waals surface area contributed by atoms with Gasteiger partial charge >= 0.3 is 11.9 Å². The molecule has 0 amide bonds. The molecule has 0 saturated carbocycles. The topological polar surface area (TPSA) is 159 Å². The Labute approximate surface area is 161 Å². The molecule has 2 rings (SSSR count). The molecule has 0 aliphatic carbocycles. The number of rotatable bonds is 6. The third-order valence-electron chi connectivity index (χ3n) is 4.64. The van der Waals surface area contributed by atoms with Gasteiger partial charge in [0, 0.05) is 20.6 Å². The Morgan fingerprint density at radius 3 is 1.93 bits per heavy atom. The number of carbonyl (C=O) groups is 2. The molecule has 2 heterocycles. The highest BCUT2D eigenvalue weighted by atomic mass is 16.7. The Hall–Kier alpha value is -1.38. The van der Waals surface area contributed by atoms with Gasteiger partial charge in [0.2, 0.25) is 0 Å². The smallest absolute Gasteiger partial charge is 0.337 e. The lowest BCUT2D eigenvalue weighted by atomic mass is 9.97. The molecule has 0 aromatic rings. The average molecular weight is 410 g/mol. The van der Waals surface area contributed by atoms with Crippen molar-refractivity contribution >= 4 is 11.9 Å². The minimum Gasteiger partial charge on any atom is -0.467 e. The van der Waals surface area contributed by atoms with Gasteiger partial charge in [-0.25, -0.2) is 9.59 Å². The van der Waals surface area contributed by atoms with Crippen LogP contribution in [0.5, 0.6) is 0 Å². The summed E-state index contributed by atoms with van der Waals surface area (Å²) in [5.41, 5.74) is 0. The molecule has 3 N–H and O–H groups in total. The van der Waals surface area contributed by atoms with Crippen LogP contribution in [0.2, 0.25) is 0 Å². The van der Waals surface area contributed by atoms with Crippen molar-refractivity contribution in [1.82, 2.24) is 0 Å². The van der Waals surface area contributed by atoms with Crippen molar-refractivity contribution in [3.8, 4) is 0 Å². The number of aliphatic hydroxyl groups excluding tert-OH is 3. The average Bonchev–Trinajstić information content (AvgIpc) is 2.71. The van der Waals surface area contributed by atoms with E-state index >= 15 is 0 Å². The molecule has 12 nitrogen and oxygen atoms in total. The quantitative estimate of drug-likeness (QED) is 0.390. The molecule has 7 unspecified atom stereocenters. The van der Waals surface area contributed by atoms with Crippen molar-refractivity contribution in [3.05, 3.63) is 0 Å². The third kappa shape index (κ3) is 4.60. The zero-order chi connectivity index (χ0) is 21.0. The molecule has 12 heteroatoms. The first-order chi connectivity index (χ1) is 13.3. The maximum atomic E-state index is 12.1. The van der Waals surface area contributed by atoms with Crippen LogP contribution in [-0.4, -0.2) is 111 Å². The van der Waals surface area contributed by atoms with E-state index in [1.54, 1.807) is 0 Å². The molecular formula is C16H26O12. The van der Waals surface area contributed by atoms with E-state index in [4.69, 9.17) is 23.7 Å². The molecule has 0 aromatic carbocycles. The monoisotopic (exact) mass is 410 g/mol. The summed E-state index contributed by atoms with van der Waals surface area (Å²) >= 11 is 0. The number of aliphatic hydroxyl groups is 3. The molecule has 0 aromatic heterocycles. The SMILES string of the molecule is COC(=O)C1OC(OC)C(O)C(O)C1O[C@@H]1O[C@@H](C(=O)OC)C(OC)CC1O. The van der Waals surface area contributed by atoms with Crippen LogP contribution in [-0.2, 0) is 42.7 Å². The van der Waals surface area contributed by atoms with E-state index in [1.807, 2.05) is 0 Å². The first-order valence-corrected chi connectivity index (χ1v) is 8.50. The van der Waals surface area contributed by atoms with Crippen molar-refractivity contribution in [3.63, 3.8) is 0 Å². The normalized spacial score (nSPS) is 41.3. The van der Waals surface area contributed by atoms with Gasteiger partial charge in [-0.3, -0.25) is 0 Å². The molecule has 0 spiro atoms. The summed E-state index contributed by atoms with van der Waals surface area (Å²) in [6.45, 7) is 0. The summed E-state index contributed by atoms with van der Waals surface area (Å²) in [4.78, 5) is 24.0. The molecule has 0 bridgehead atoms. The second-order valence-corrected chi connectivity index (χ2v) is 6.29. The molecule has 2 saturated heterocycles. The van der Waals surface area contributed by atoms with E-state index in [0.29, 0.717) is 0 Å². The van der Waals surface area contributed by atoms with Crippen LogP contribution >= 0.6 is 0 Å². The number of hydrogen-bond acceptors (Lipinski definition) is 12. The van der Waals surface area contributed by atoms with Crippen LogP contribution in [0.1, 0.15) is 6.42 Å². The fourth-order valence-corrected chi connectivity index (χ4v) is 3.11. The van der Waals surface area contributed by atoms with E-state index in [2.05, 4.69) is 9.47 Å². The van der Waals surface area contributed by atoms with E-state index in [9.17, 15) is 24.9 Å². The van der Waals surface area contributed by atoms with Gasteiger partial charge in [-0.05, 0) is 0 Å². The van der Waals surface area contributed by atoms with E-state index in [0.717, 1.165) is 14.2 Å². The summed E-state index contributed by atoms with van der Waals surface area (Å²) < 4.78 is 35.6. The van der Waals surface area contributed by atoms with Gasteiger partial charge in [-0.15, -0.1) is 0 Å². The van der Waals surface area contributed by atoms with E-state index < -0.39 is 67.2 Å². The van der Waals surface area contributed by atoms with Gasteiger partial charge in [-0.2, -0.15) is 0 Å². The zero-order valence-corrected chi connectivity index (χ0v) is 15.9. The maximum Gasteiger partial charge on any atom is 0.337 e. The van der Waals surface area contributed by atoms with Crippen molar-refractivity contribution in [2.24, 2.45) is 0 Å². The van der Waals surface area contributed by atoms with Crippen LogP contribution in [0.3, 0.4) is 0 Å². The van der Waals surface area contributed by atoms with Gasteiger partial charge < -0.3 is 48.5 Å². The Morgan fingerprint density at radius 2 is 1.39 bits per heavy atom. The first-order valence-electron chi connectivity index (χ1n) is 8.50. The largest absolute Gasteiger partial charge is 0.467 e. The predicted octanol–water partition coefficient (Wildman–Crippen LogP) is -2.70. The van der Waals surface area contributed by atoms with Gasteiger partial charge in [0.1, 0.15) is 24.4 Å². The van der Waals surface area contributed by atoms with E-state index in [-0.39, 0.29) is 6.42 Å².